The number of fused-ring (bicyclic) bond motifs is 11. The lowest BCUT2D eigenvalue weighted by Gasteiger charge is -2.20. The van der Waals surface area contributed by atoms with Crippen LogP contribution in [0.15, 0.2) is 174 Å². The highest BCUT2D eigenvalue weighted by molar-refractivity contribution is 6.13. The second kappa shape index (κ2) is 10.3. The molecule has 0 saturated carbocycles. The van der Waals surface area contributed by atoms with E-state index in [4.69, 9.17) is 9.15 Å². The van der Waals surface area contributed by atoms with Gasteiger partial charge in [0.1, 0.15) is 11.2 Å². The third-order valence-electron chi connectivity index (χ3n) is 10.9. The fourth-order valence-corrected chi connectivity index (χ4v) is 8.53. The summed E-state index contributed by atoms with van der Waals surface area (Å²) in [5.41, 5.74) is 13.4. The van der Waals surface area contributed by atoms with Gasteiger partial charge in [0.25, 0.3) is 0 Å². The van der Waals surface area contributed by atoms with Crippen molar-refractivity contribution in [3.63, 3.8) is 0 Å². The van der Waals surface area contributed by atoms with Crippen LogP contribution in [0.4, 0.5) is 0 Å². The zero-order valence-corrected chi connectivity index (χ0v) is 27.9. The van der Waals surface area contributed by atoms with Gasteiger partial charge in [0.05, 0.1) is 27.8 Å². The topological polar surface area (TPSA) is 32.2 Å². The van der Waals surface area contributed by atoms with Crippen molar-refractivity contribution in [3.8, 4) is 45.1 Å². The molecule has 0 N–H and O–H groups in total. The predicted octanol–water partition coefficient (Wildman–Crippen LogP) is 13.2. The molecule has 4 heterocycles. The van der Waals surface area contributed by atoms with E-state index in [2.05, 4.69) is 155 Å². The molecule has 1 aliphatic heterocycles. The number of hydrogen-bond donors (Lipinski definition) is 0. The Bertz CT molecular complexity index is 3270. The van der Waals surface area contributed by atoms with Gasteiger partial charge in [-0.15, -0.1) is 0 Å². The summed E-state index contributed by atoms with van der Waals surface area (Å²) < 4.78 is 17.3. The molecule has 0 atom stereocenters. The van der Waals surface area contributed by atoms with Crippen LogP contribution in [-0.2, 0) is 0 Å². The molecule has 0 saturated heterocycles. The summed E-state index contributed by atoms with van der Waals surface area (Å²) in [5.74, 6) is 1.77. The monoisotopic (exact) mass is 664 g/mol. The maximum absolute atomic E-state index is 6.33. The second-order valence-electron chi connectivity index (χ2n) is 13.7. The summed E-state index contributed by atoms with van der Waals surface area (Å²) >= 11 is 0. The van der Waals surface area contributed by atoms with E-state index in [-0.39, 0.29) is 0 Å². The van der Waals surface area contributed by atoms with E-state index in [0.717, 1.165) is 55.9 Å². The summed E-state index contributed by atoms with van der Waals surface area (Å²) in [6.45, 7) is 0. The first-order valence-corrected chi connectivity index (χ1v) is 17.7. The van der Waals surface area contributed by atoms with Crippen molar-refractivity contribution >= 4 is 65.6 Å². The van der Waals surface area contributed by atoms with Crippen LogP contribution < -0.4 is 4.74 Å². The van der Waals surface area contributed by atoms with Crippen molar-refractivity contribution < 1.29 is 9.15 Å². The van der Waals surface area contributed by atoms with Gasteiger partial charge in [-0.25, -0.2) is 0 Å². The summed E-state index contributed by atoms with van der Waals surface area (Å²) in [7, 11) is 0. The molecule has 4 nitrogen and oxygen atoms in total. The molecule has 0 radical (unpaired) electrons. The van der Waals surface area contributed by atoms with Gasteiger partial charge in [0.2, 0.25) is 0 Å². The number of nitrogens with zero attached hydrogens (tertiary/aromatic N) is 2. The predicted molar refractivity (Wildman–Crippen MR) is 213 cm³/mol. The van der Waals surface area contributed by atoms with Crippen LogP contribution in [0.3, 0.4) is 0 Å². The molecule has 11 aromatic rings. The van der Waals surface area contributed by atoms with Crippen molar-refractivity contribution in [2.24, 2.45) is 0 Å². The molecule has 242 valence electrons. The van der Waals surface area contributed by atoms with Gasteiger partial charge in [0.15, 0.2) is 11.5 Å². The lowest BCUT2D eigenvalue weighted by molar-refractivity contribution is 0.476. The molecule has 1 aliphatic rings. The van der Waals surface area contributed by atoms with Crippen LogP contribution in [0.5, 0.6) is 11.5 Å². The van der Waals surface area contributed by atoms with Crippen molar-refractivity contribution in [3.05, 3.63) is 170 Å². The minimum Gasteiger partial charge on any atom is -0.456 e. The third-order valence-corrected chi connectivity index (χ3v) is 10.9. The van der Waals surface area contributed by atoms with Gasteiger partial charge in [-0.2, -0.15) is 0 Å². The molecule has 0 fully saturated rings. The standard InChI is InChI=1S/C48H28N2O2/c1-3-11-40-34(8-1)39-26-30(32-19-24-37-36-9-2-5-13-44(36)51-47(37)28-32)20-25-41(39)49(40)33-21-16-29(17-22-33)31-18-23-35-38-10-7-15-46-48(38)50(43(35)27-31)42-12-4-6-14-45(42)52-46/h1-28H. The van der Waals surface area contributed by atoms with E-state index in [0.29, 0.717) is 0 Å². The van der Waals surface area contributed by atoms with Gasteiger partial charge >= 0.3 is 0 Å². The number of hydrogen-bond acceptors (Lipinski definition) is 2. The number of benzene rings is 8. The molecule has 0 unspecified atom stereocenters. The zero-order chi connectivity index (χ0) is 33.9. The quantitative estimate of drug-likeness (QED) is 0.188. The van der Waals surface area contributed by atoms with Crippen LogP contribution in [0, 0.1) is 0 Å². The van der Waals surface area contributed by atoms with Gasteiger partial charge in [-0.05, 0) is 95.1 Å². The number of para-hydroxylation sites is 5. The zero-order valence-electron chi connectivity index (χ0n) is 27.9. The maximum Gasteiger partial charge on any atom is 0.152 e. The Hall–Kier alpha value is -7.04. The molecule has 0 aliphatic carbocycles. The van der Waals surface area contributed by atoms with Crippen LogP contribution in [0.1, 0.15) is 0 Å². The first-order valence-electron chi connectivity index (χ1n) is 17.7. The van der Waals surface area contributed by atoms with Crippen molar-refractivity contribution in [2.45, 2.75) is 0 Å². The second-order valence-corrected chi connectivity index (χ2v) is 13.7. The molecule has 3 aromatic heterocycles. The van der Waals surface area contributed by atoms with E-state index in [1.54, 1.807) is 0 Å². The SMILES string of the molecule is c1ccc2c(c1)Oc1cccc3c4ccc(-c5ccc(-n6c7ccccc7c7cc(-c8ccc9c(c8)oc8ccccc89)ccc76)cc5)cc4n-2c13. The van der Waals surface area contributed by atoms with E-state index in [1.165, 1.54) is 54.8 Å². The summed E-state index contributed by atoms with van der Waals surface area (Å²) in [6, 6.07) is 60.7. The van der Waals surface area contributed by atoms with Crippen LogP contribution in [-0.4, -0.2) is 9.13 Å². The summed E-state index contributed by atoms with van der Waals surface area (Å²) in [4.78, 5) is 0. The molecule has 52 heavy (non-hydrogen) atoms. The Morgan fingerprint density at radius 2 is 0.981 bits per heavy atom. The number of ether oxygens (including phenoxy) is 1. The number of aromatic nitrogens is 2. The largest absolute Gasteiger partial charge is 0.456 e. The van der Waals surface area contributed by atoms with E-state index in [1.807, 2.05) is 24.3 Å². The summed E-state index contributed by atoms with van der Waals surface area (Å²) in [6.07, 6.45) is 0. The van der Waals surface area contributed by atoms with Gasteiger partial charge in [-0.1, -0.05) is 97.1 Å². The average molecular weight is 665 g/mol. The molecule has 0 spiro atoms. The first kappa shape index (κ1) is 27.7. The maximum atomic E-state index is 6.33. The van der Waals surface area contributed by atoms with E-state index >= 15 is 0 Å². The minimum absolute atomic E-state index is 0.875. The Balaban J connectivity index is 0.966. The fourth-order valence-electron chi connectivity index (χ4n) is 8.53. The van der Waals surface area contributed by atoms with E-state index in [9.17, 15) is 0 Å². The Kier molecular flexibility index (Phi) is 5.47. The van der Waals surface area contributed by atoms with Gasteiger partial charge in [0, 0.05) is 38.0 Å². The Labute approximate surface area is 297 Å². The minimum atomic E-state index is 0.875. The van der Waals surface area contributed by atoms with Gasteiger partial charge < -0.3 is 18.3 Å². The molecule has 4 heteroatoms. The molecular formula is C48H28N2O2. The Morgan fingerprint density at radius 1 is 0.346 bits per heavy atom. The molecule has 0 amide bonds. The molecular weight excluding hydrogens is 637 g/mol. The summed E-state index contributed by atoms with van der Waals surface area (Å²) in [5, 5.41) is 7.18. The molecule has 0 bridgehead atoms. The number of furan rings is 1. The van der Waals surface area contributed by atoms with Crippen molar-refractivity contribution in [1.82, 2.24) is 9.13 Å². The van der Waals surface area contributed by atoms with Crippen molar-refractivity contribution in [2.75, 3.05) is 0 Å². The highest BCUT2D eigenvalue weighted by atomic mass is 16.5. The van der Waals surface area contributed by atoms with Crippen LogP contribution in [0.2, 0.25) is 0 Å². The highest BCUT2D eigenvalue weighted by Gasteiger charge is 2.23. The Morgan fingerprint density at radius 3 is 1.90 bits per heavy atom. The van der Waals surface area contributed by atoms with Gasteiger partial charge in [-0.3, -0.25) is 0 Å². The van der Waals surface area contributed by atoms with Crippen LogP contribution >= 0.6 is 0 Å². The lowest BCUT2D eigenvalue weighted by Crippen LogP contribution is -2.03. The third kappa shape index (κ3) is 3.81. The molecule has 8 aromatic carbocycles. The molecule has 12 rings (SSSR count). The number of rotatable bonds is 3. The first-order chi connectivity index (χ1) is 25.8. The average Bonchev–Trinajstić information content (AvgIpc) is 3.86. The fraction of sp³-hybridized carbons (Fsp3) is 0. The normalized spacial score (nSPS) is 12.4. The highest BCUT2D eigenvalue weighted by Crippen LogP contribution is 2.46. The lowest BCUT2D eigenvalue weighted by atomic mass is 10.0. The van der Waals surface area contributed by atoms with E-state index < -0.39 is 0 Å². The van der Waals surface area contributed by atoms with Crippen LogP contribution in [0.25, 0.3) is 99.2 Å². The van der Waals surface area contributed by atoms with Crippen molar-refractivity contribution in [1.29, 1.82) is 0 Å². The smallest absolute Gasteiger partial charge is 0.152 e.